The van der Waals surface area contributed by atoms with E-state index in [0.29, 0.717) is 33.3 Å². The van der Waals surface area contributed by atoms with Crippen molar-refractivity contribution < 1.29 is 24.2 Å². The molecule has 3 N–H and O–H groups in total. The Kier molecular flexibility index (Phi) is 5.79. The van der Waals surface area contributed by atoms with Crippen LogP contribution in [-0.4, -0.2) is 36.1 Å². The van der Waals surface area contributed by atoms with Gasteiger partial charge in [-0.3, -0.25) is 15.0 Å². The van der Waals surface area contributed by atoms with Crippen molar-refractivity contribution in [3.8, 4) is 17.2 Å². The zero-order valence-corrected chi connectivity index (χ0v) is 18.0. The van der Waals surface area contributed by atoms with Crippen LogP contribution in [0, 0.1) is 0 Å². The van der Waals surface area contributed by atoms with Crippen LogP contribution in [-0.2, 0) is 0 Å². The highest BCUT2D eigenvalue weighted by Gasteiger charge is 2.35. The molecule has 0 spiro atoms. The van der Waals surface area contributed by atoms with Gasteiger partial charge in [-0.2, -0.15) is 0 Å². The van der Waals surface area contributed by atoms with Gasteiger partial charge in [0.15, 0.2) is 11.5 Å². The molecule has 164 valence electrons. The van der Waals surface area contributed by atoms with Gasteiger partial charge in [0.05, 0.1) is 19.8 Å². The molecule has 3 aromatic rings. The van der Waals surface area contributed by atoms with Gasteiger partial charge in [0, 0.05) is 16.3 Å². The average Bonchev–Trinajstić information content (AvgIpc) is 2.81. The summed E-state index contributed by atoms with van der Waals surface area (Å²) >= 11 is 6.08. The molecule has 1 heterocycles. The van der Waals surface area contributed by atoms with Crippen LogP contribution in [0.1, 0.15) is 32.4 Å². The fraction of sp³-hybridized carbons (Fsp3) is 0.130. The smallest absolute Gasteiger partial charge is 0.276 e. The minimum Gasteiger partial charge on any atom is -0.508 e. The number of nitrogens with zero attached hydrogens (tertiary/aromatic N) is 1. The van der Waals surface area contributed by atoms with Crippen molar-refractivity contribution in [2.24, 2.45) is 0 Å². The zero-order valence-electron chi connectivity index (χ0n) is 17.3. The summed E-state index contributed by atoms with van der Waals surface area (Å²) in [6.45, 7) is 0. The number of ether oxygens (including phenoxy) is 2. The lowest BCUT2D eigenvalue weighted by atomic mass is 10.0. The Morgan fingerprint density at radius 3 is 2.44 bits per heavy atom. The quantitative estimate of drug-likeness (QED) is 0.540. The SMILES string of the molecule is COc1ccc(C(=O)NN2C(=O)c3cc(Cl)ccc3NC2c2ccc(O)cc2)cc1OC. The van der Waals surface area contributed by atoms with Crippen LogP contribution in [0.3, 0.4) is 0 Å². The third-order valence-corrected chi connectivity index (χ3v) is 5.29. The first kappa shape index (κ1) is 21.3. The molecule has 0 aromatic heterocycles. The molecular formula is C23H20ClN3O5. The van der Waals surface area contributed by atoms with E-state index in [1.165, 1.54) is 43.5 Å². The Bertz CT molecular complexity index is 1180. The number of phenols is 1. The number of amides is 2. The van der Waals surface area contributed by atoms with Gasteiger partial charge >= 0.3 is 0 Å². The first-order chi connectivity index (χ1) is 15.4. The van der Waals surface area contributed by atoms with E-state index in [1.54, 1.807) is 36.4 Å². The largest absolute Gasteiger partial charge is 0.508 e. The van der Waals surface area contributed by atoms with Crippen molar-refractivity contribution in [2.45, 2.75) is 6.17 Å². The van der Waals surface area contributed by atoms with Crippen molar-refractivity contribution in [3.63, 3.8) is 0 Å². The second-order valence-electron chi connectivity index (χ2n) is 7.01. The fourth-order valence-electron chi connectivity index (χ4n) is 3.43. The summed E-state index contributed by atoms with van der Waals surface area (Å²) in [6, 6.07) is 16.0. The molecule has 1 aliphatic rings. The maximum atomic E-state index is 13.3. The number of rotatable bonds is 5. The lowest BCUT2D eigenvalue weighted by Gasteiger charge is -2.37. The van der Waals surface area contributed by atoms with Gasteiger partial charge in [-0.25, -0.2) is 5.01 Å². The normalized spacial score (nSPS) is 14.9. The number of hydrogen-bond acceptors (Lipinski definition) is 6. The van der Waals surface area contributed by atoms with E-state index in [1.807, 2.05) is 0 Å². The number of hydrogen-bond donors (Lipinski definition) is 3. The Morgan fingerprint density at radius 1 is 1.03 bits per heavy atom. The minimum atomic E-state index is -0.721. The van der Waals surface area contributed by atoms with Gasteiger partial charge in [-0.15, -0.1) is 0 Å². The van der Waals surface area contributed by atoms with E-state index in [9.17, 15) is 14.7 Å². The summed E-state index contributed by atoms with van der Waals surface area (Å²) in [6.07, 6.45) is -0.721. The molecule has 1 aliphatic heterocycles. The number of nitrogens with one attached hydrogen (secondary N) is 2. The first-order valence-corrected chi connectivity index (χ1v) is 10.0. The molecular weight excluding hydrogens is 434 g/mol. The standard InChI is InChI=1S/C23H20ClN3O5/c1-31-19-10-5-14(11-20(19)32-2)22(29)26-27-21(13-3-7-16(28)8-4-13)25-18-9-6-15(24)12-17(18)23(27)30/h3-12,21,25,28H,1-2H3,(H,26,29). The summed E-state index contributed by atoms with van der Waals surface area (Å²) in [5, 5.41) is 14.5. The van der Waals surface area contributed by atoms with E-state index in [0.717, 1.165) is 0 Å². The number of phenolic OH excluding ortho intramolecular Hbond substituents is 1. The number of carbonyl (C=O) groups excluding carboxylic acids is 2. The third-order valence-electron chi connectivity index (χ3n) is 5.06. The third kappa shape index (κ3) is 4.00. The molecule has 0 radical (unpaired) electrons. The first-order valence-electron chi connectivity index (χ1n) is 9.63. The van der Waals surface area contributed by atoms with Gasteiger partial charge in [-0.1, -0.05) is 23.7 Å². The van der Waals surface area contributed by atoms with Crippen LogP contribution in [0.4, 0.5) is 5.69 Å². The summed E-state index contributed by atoms with van der Waals surface area (Å²) in [5.41, 5.74) is 4.51. The van der Waals surface area contributed by atoms with Gasteiger partial charge in [0.25, 0.3) is 11.8 Å². The number of anilines is 1. The molecule has 8 nitrogen and oxygen atoms in total. The molecule has 0 fully saturated rings. The van der Waals surface area contributed by atoms with Gasteiger partial charge in [0.2, 0.25) is 0 Å². The van der Waals surface area contributed by atoms with Gasteiger partial charge < -0.3 is 19.9 Å². The van der Waals surface area contributed by atoms with Crippen LogP contribution in [0.15, 0.2) is 60.7 Å². The minimum absolute atomic E-state index is 0.0870. The Balaban J connectivity index is 1.70. The van der Waals surface area contributed by atoms with Crippen LogP contribution in [0.5, 0.6) is 17.2 Å². The number of aromatic hydroxyl groups is 1. The lowest BCUT2D eigenvalue weighted by molar-refractivity contribution is 0.0491. The fourth-order valence-corrected chi connectivity index (χ4v) is 3.61. The molecule has 2 amide bonds. The van der Waals surface area contributed by atoms with Crippen molar-refractivity contribution in [1.29, 1.82) is 0 Å². The summed E-state index contributed by atoms with van der Waals surface area (Å²) < 4.78 is 10.5. The van der Waals surface area contributed by atoms with E-state index in [-0.39, 0.29) is 11.3 Å². The maximum Gasteiger partial charge on any atom is 0.276 e. The highest BCUT2D eigenvalue weighted by atomic mass is 35.5. The molecule has 4 rings (SSSR count). The predicted octanol–water partition coefficient (Wildman–Crippen LogP) is 3.97. The van der Waals surface area contributed by atoms with E-state index in [4.69, 9.17) is 21.1 Å². The number of carbonyl (C=O) groups is 2. The summed E-state index contributed by atoms with van der Waals surface area (Å²) in [5.74, 6) is -0.00625. The average molecular weight is 454 g/mol. The van der Waals surface area contributed by atoms with E-state index >= 15 is 0 Å². The molecule has 1 atom stereocenters. The number of fused-ring (bicyclic) bond motifs is 1. The summed E-state index contributed by atoms with van der Waals surface area (Å²) in [7, 11) is 2.97. The molecule has 0 saturated heterocycles. The van der Waals surface area contributed by atoms with Crippen LogP contribution in [0.25, 0.3) is 0 Å². The topological polar surface area (TPSA) is 100 Å². The molecule has 0 aliphatic carbocycles. The van der Waals surface area contributed by atoms with Gasteiger partial charge in [-0.05, 0) is 54.1 Å². The Labute approximate surface area is 189 Å². The number of halogens is 1. The van der Waals surface area contributed by atoms with Crippen LogP contribution < -0.4 is 20.2 Å². The summed E-state index contributed by atoms with van der Waals surface area (Å²) in [4.78, 5) is 26.4. The highest BCUT2D eigenvalue weighted by Crippen LogP contribution is 2.34. The van der Waals surface area contributed by atoms with Crippen molar-refractivity contribution >= 4 is 29.1 Å². The van der Waals surface area contributed by atoms with E-state index < -0.39 is 18.0 Å². The second kappa shape index (κ2) is 8.68. The Hall–Kier alpha value is -3.91. The molecule has 32 heavy (non-hydrogen) atoms. The monoisotopic (exact) mass is 453 g/mol. The second-order valence-corrected chi connectivity index (χ2v) is 7.45. The molecule has 1 unspecified atom stereocenters. The van der Waals surface area contributed by atoms with Crippen molar-refractivity contribution in [2.75, 3.05) is 19.5 Å². The number of benzene rings is 3. The van der Waals surface area contributed by atoms with Crippen molar-refractivity contribution in [3.05, 3.63) is 82.4 Å². The highest BCUT2D eigenvalue weighted by molar-refractivity contribution is 6.31. The van der Waals surface area contributed by atoms with Gasteiger partial charge in [0.1, 0.15) is 11.9 Å². The van der Waals surface area contributed by atoms with E-state index in [2.05, 4.69) is 10.7 Å². The molecule has 9 heteroatoms. The molecule has 0 bridgehead atoms. The van der Waals surface area contributed by atoms with Crippen LogP contribution >= 0.6 is 11.6 Å². The number of hydrazine groups is 1. The molecule has 3 aromatic carbocycles. The predicted molar refractivity (Wildman–Crippen MR) is 119 cm³/mol. The molecule has 0 saturated carbocycles. The van der Waals surface area contributed by atoms with Crippen molar-refractivity contribution in [1.82, 2.24) is 10.4 Å². The zero-order chi connectivity index (χ0) is 22.8. The van der Waals surface area contributed by atoms with Crippen LogP contribution in [0.2, 0.25) is 5.02 Å². The maximum absolute atomic E-state index is 13.3. The number of methoxy groups -OCH3 is 2. The Morgan fingerprint density at radius 2 is 1.75 bits per heavy atom. The lowest BCUT2D eigenvalue weighted by Crippen LogP contribution is -2.52.